The number of nitrogens with one attached hydrogen (secondary N) is 1. The van der Waals surface area contributed by atoms with Crippen LogP contribution in [0.3, 0.4) is 0 Å². The molecule has 0 bridgehead atoms. The first-order valence-corrected chi connectivity index (χ1v) is 6.87. The Labute approximate surface area is 121 Å². The van der Waals surface area contributed by atoms with Crippen LogP contribution >= 0.6 is 0 Å². The fraction of sp³-hybridized carbons (Fsp3) is 0.500. The van der Waals surface area contributed by atoms with E-state index < -0.39 is 5.54 Å². The number of aromatic nitrogens is 2. The van der Waals surface area contributed by atoms with E-state index in [-0.39, 0.29) is 12.5 Å². The van der Waals surface area contributed by atoms with Crippen LogP contribution in [0, 0.1) is 6.92 Å². The summed E-state index contributed by atoms with van der Waals surface area (Å²) in [7, 11) is 0. The summed E-state index contributed by atoms with van der Waals surface area (Å²) in [5.41, 5.74) is 0.906. The van der Waals surface area contributed by atoms with Crippen LogP contribution in [0.4, 0.5) is 0 Å². The number of aliphatic hydroxyl groups excluding tert-OH is 1. The summed E-state index contributed by atoms with van der Waals surface area (Å²) in [6.07, 6.45) is 2.64. The lowest BCUT2D eigenvalue weighted by Crippen LogP contribution is -2.54. The van der Waals surface area contributed by atoms with Crippen LogP contribution in [0.25, 0.3) is 11.1 Å². The monoisotopic (exact) mass is 291 g/mol. The lowest BCUT2D eigenvalue weighted by molar-refractivity contribution is 0.0125. The van der Waals surface area contributed by atoms with Gasteiger partial charge < -0.3 is 19.7 Å². The quantitative estimate of drug-likeness (QED) is 0.868. The molecule has 1 fully saturated rings. The van der Waals surface area contributed by atoms with Gasteiger partial charge in [-0.05, 0) is 25.8 Å². The van der Waals surface area contributed by atoms with Gasteiger partial charge >= 0.3 is 0 Å². The number of ether oxygens (including phenoxy) is 1. The van der Waals surface area contributed by atoms with Crippen molar-refractivity contribution in [1.82, 2.24) is 15.5 Å². The zero-order valence-corrected chi connectivity index (χ0v) is 11.8. The van der Waals surface area contributed by atoms with Crippen LogP contribution in [0.5, 0.6) is 0 Å². The summed E-state index contributed by atoms with van der Waals surface area (Å²) in [5.74, 6) is -0.263. The van der Waals surface area contributed by atoms with E-state index in [1.807, 2.05) is 0 Å². The van der Waals surface area contributed by atoms with Gasteiger partial charge in [-0.1, -0.05) is 5.16 Å². The molecule has 21 heavy (non-hydrogen) atoms. The highest BCUT2D eigenvalue weighted by Gasteiger charge is 2.33. The number of hydrogen-bond acceptors (Lipinski definition) is 6. The number of fused-ring (bicyclic) bond motifs is 1. The van der Waals surface area contributed by atoms with E-state index in [0.717, 1.165) is 0 Å². The van der Waals surface area contributed by atoms with Crippen molar-refractivity contribution in [1.29, 1.82) is 0 Å². The van der Waals surface area contributed by atoms with Crippen LogP contribution in [-0.2, 0) is 4.74 Å². The largest absolute Gasteiger partial charge is 0.394 e. The second kappa shape index (κ2) is 5.42. The molecular weight excluding hydrogens is 274 g/mol. The zero-order valence-electron chi connectivity index (χ0n) is 11.8. The van der Waals surface area contributed by atoms with Crippen molar-refractivity contribution in [2.24, 2.45) is 0 Å². The number of aliphatic hydroxyl groups is 1. The van der Waals surface area contributed by atoms with Gasteiger partial charge in [0, 0.05) is 19.4 Å². The molecular formula is C14H17N3O4. The summed E-state index contributed by atoms with van der Waals surface area (Å²) in [6, 6.07) is 1.70. The molecule has 1 aliphatic rings. The summed E-state index contributed by atoms with van der Waals surface area (Å²) in [4.78, 5) is 16.5. The fourth-order valence-corrected chi connectivity index (χ4v) is 2.47. The molecule has 1 amide bonds. The highest BCUT2D eigenvalue weighted by molar-refractivity contribution is 5.97. The third-order valence-electron chi connectivity index (χ3n) is 3.90. The van der Waals surface area contributed by atoms with Gasteiger partial charge in [0.2, 0.25) is 0 Å². The Morgan fingerprint density at radius 1 is 1.48 bits per heavy atom. The lowest BCUT2D eigenvalue weighted by Gasteiger charge is -2.36. The number of amides is 1. The second-order valence-electron chi connectivity index (χ2n) is 5.35. The number of rotatable bonds is 3. The van der Waals surface area contributed by atoms with Crippen LogP contribution in [0.1, 0.15) is 28.9 Å². The van der Waals surface area contributed by atoms with Gasteiger partial charge in [-0.15, -0.1) is 0 Å². The first-order chi connectivity index (χ1) is 10.1. The van der Waals surface area contributed by atoms with Gasteiger partial charge in [-0.2, -0.15) is 0 Å². The van der Waals surface area contributed by atoms with Crippen molar-refractivity contribution in [2.45, 2.75) is 25.3 Å². The van der Waals surface area contributed by atoms with Crippen LogP contribution in [0.2, 0.25) is 0 Å². The molecule has 3 heterocycles. The van der Waals surface area contributed by atoms with Gasteiger partial charge in [0.25, 0.3) is 11.6 Å². The van der Waals surface area contributed by atoms with E-state index in [9.17, 15) is 9.90 Å². The molecule has 0 radical (unpaired) electrons. The van der Waals surface area contributed by atoms with Crippen molar-refractivity contribution >= 4 is 17.0 Å². The highest BCUT2D eigenvalue weighted by Crippen LogP contribution is 2.22. The molecule has 2 N–H and O–H groups in total. The maximum Gasteiger partial charge on any atom is 0.257 e. The standard InChI is InChI=1S/C14H17N3O4/c1-9-11-6-10(7-15-13(11)21-17-9)12(19)16-14(8-18)2-4-20-5-3-14/h6-7,18H,2-5,8H2,1H3,(H,16,19). The molecule has 112 valence electrons. The van der Waals surface area contributed by atoms with Gasteiger partial charge in [-0.25, -0.2) is 4.98 Å². The minimum Gasteiger partial charge on any atom is -0.394 e. The zero-order chi connectivity index (χ0) is 14.9. The average molecular weight is 291 g/mol. The molecule has 2 aromatic rings. The average Bonchev–Trinajstić information content (AvgIpc) is 2.89. The van der Waals surface area contributed by atoms with E-state index in [4.69, 9.17) is 9.26 Å². The number of hydrogen-bond donors (Lipinski definition) is 2. The predicted octanol–water partition coefficient (Wildman–Crippen LogP) is 0.803. The van der Waals surface area contributed by atoms with Crippen molar-refractivity contribution in [3.8, 4) is 0 Å². The van der Waals surface area contributed by atoms with Gasteiger partial charge in [-0.3, -0.25) is 4.79 Å². The van der Waals surface area contributed by atoms with Crippen molar-refractivity contribution in [3.05, 3.63) is 23.5 Å². The molecule has 7 nitrogen and oxygen atoms in total. The first kappa shape index (κ1) is 14.0. The third kappa shape index (κ3) is 2.62. The summed E-state index contributed by atoms with van der Waals surface area (Å²) in [6.45, 7) is 2.75. The SMILES string of the molecule is Cc1noc2ncc(C(=O)NC3(CO)CCOCC3)cc12. The summed E-state index contributed by atoms with van der Waals surface area (Å²) >= 11 is 0. The Kier molecular flexibility index (Phi) is 3.60. The van der Waals surface area contributed by atoms with Crippen molar-refractivity contribution < 1.29 is 19.2 Å². The van der Waals surface area contributed by atoms with Crippen LogP contribution in [0.15, 0.2) is 16.8 Å². The van der Waals surface area contributed by atoms with E-state index in [0.29, 0.717) is 48.4 Å². The van der Waals surface area contributed by atoms with Crippen molar-refractivity contribution in [2.75, 3.05) is 19.8 Å². The van der Waals surface area contributed by atoms with Crippen LogP contribution in [-0.4, -0.2) is 46.5 Å². The highest BCUT2D eigenvalue weighted by atomic mass is 16.5. The first-order valence-electron chi connectivity index (χ1n) is 6.87. The Morgan fingerprint density at radius 2 is 2.24 bits per heavy atom. The number of carbonyl (C=O) groups excluding carboxylic acids is 1. The molecule has 7 heteroatoms. The third-order valence-corrected chi connectivity index (χ3v) is 3.90. The fourth-order valence-electron chi connectivity index (χ4n) is 2.47. The number of carbonyl (C=O) groups is 1. The molecule has 0 unspecified atom stereocenters. The Balaban J connectivity index is 1.84. The topological polar surface area (TPSA) is 97.5 Å². The molecule has 0 atom stereocenters. The van der Waals surface area contributed by atoms with E-state index >= 15 is 0 Å². The number of pyridine rings is 1. The van der Waals surface area contributed by atoms with E-state index in [2.05, 4.69) is 15.5 Å². The molecule has 0 spiro atoms. The second-order valence-corrected chi connectivity index (χ2v) is 5.35. The maximum atomic E-state index is 12.4. The molecule has 3 rings (SSSR count). The molecule has 2 aromatic heterocycles. The molecule has 0 aliphatic carbocycles. The van der Waals surface area contributed by atoms with Crippen LogP contribution < -0.4 is 5.32 Å². The molecule has 0 aromatic carbocycles. The Bertz CT molecular complexity index is 661. The predicted molar refractivity (Wildman–Crippen MR) is 73.9 cm³/mol. The molecule has 1 saturated heterocycles. The Morgan fingerprint density at radius 3 is 2.95 bits per heavy atom. The van der Waals surface area contributed by atoms with Crippen molar-refractivity contribution in [3.63, 3.8) is 0 Å². The molecule has 0 saturated carbocycles. The smallest absolute Gasteiger partial charge is 0.257 e. The minimum absolute atomic E-state index is 0.107. The normalized spacial score (nSPS) is 17.8. The van der Waals surface area contributed by atoms with E-state index in [1.165, 1.54) is 6.20 Å². The maximum absolute atomic E-state index is 12.4. The number of aryl methyl sites for hydroxylation is 1. The van der Waals surface area contributed by atoms with Gasteiger partial charge in [0.05, 0.1) is 28.8 Å². The summed E-state index contributed by atoms with van der Waals surface area (Å²) < 4.78 is 10.3. The Hall–Kier alpha value is -1.99. The van der Waals surface area contributed by atoms with Gasteiger partial charge in [0.15, 0.2) is 0 Å². The summed E-state index contributed by atoms with van der Waals surface area (Å²) in [5, 5.41) is 17.1. The molecule has 1 aliphatic heterocycles. The minimum atomic E-state index is -0.617. The van der Waals surface area contributed by atoms with E-state index in [1.54, 1.807) is 13.0 Å². The number of nitrogens with zero attached hydrogens (tertiary/aromatic N) is 2. The lowest BCUT2D eigenvalue weighted by atomic mass is 9.90. The van der Waals surface area contributed by atoms with Gasteiger partial charge in [0.1, 0.15) is 0 Å².